The number of carbonyl (C=O) groups is 1. The van der Waals surface area contributed by atoms with E-state index in [0.29, 0.717) is 11.5 Å². The number of carbonyl (C=O) groups excluding carboxylic acids is 1. The number of benzene rings is 1. The van der Waals surface area contributed by atoms with Crippen LogP contribution in [0.3, 0.4) is 0 Å². The van der Waals surface area contributed by atoms with Crippen molar-refractivity contribution in [2.24, 2.45) is 0 Å². The maximum Gasteiger partial charge on any atom is 0.221 e. The summed E-state index contributed by atoms with van der Waals surface area (Å²) in [6.07, 6.45) is 1.75. The molecular formula is C14H16N4O. The summed E-state index contributed by atoms with van der Waals surface area (Å²) in [5.41, 5.74) is 9.11. The van der Waals surface area contributed by atoms with Crippen molar-refractivity contribution in [3.05, 3.63) is 42.1 Å². The molecule has 1 aromatic carbocycles. The van der Waals surface area contributed by atoms with Crippen LogP contribution < -0.4 is 16.4 Å². The number of hydrogen-bond acceptors (Lipinski definition) is 4. The Morgan fingerprint density at radius 3 is 2.42 bits per heavy atom. The highest BCUT2D eigenvalue weighted by Gasteiger charge is 2.02. The molecule has 0 aliphatic heterocycles. The molecule has 0 radical (unpaired) electrons. The van der Waals surface area contributed by atoms with Crippen LogP contribution in [0.5, 0.6) is 0 Å². The standard InChI is InChI=1S/C14H16N4O/c1-9-7-13(15)14(16-8-9)18-12-5-3-11(4-6-12)17-10(2)19/h3-8H,15H2,1-2H3,(H,16,18)(H,17,19). The molecule has 0 aliphatic carbocycles. The van der Waals surface area contributed by atoms with Crippen molar-refractivity contribution in [2.45, 2.75) is 13.8 Å². The highest BCUT2D eigenvalue weighted by Crippen LogP contribution is 2.22. The number of nitrogens with one attached hydrogen (secondary N) is 2. The van der Waals surface area contributed by atoms with Gasteiger partial charge in [-0.05, 0) is 42.8 Å². The zero-order valence-corrected chi connectivity index (χ0v) is 10.9. The first-order chi connectivity index (χ1) is 9.04. The van der Waals surface area contributed by atoms with Gasteiger partial charge in [-0.2, -0.15) is 0 Å². The lowest BCUT2D eigenvalue weighted by atomic mass is 10.2. The Bertz CT molecular complexity index is 593. The fraction of sp³-hybridized carbons (Fsp3) is 0.143. The van der Waals surface area contributed by atoms with Gasteiger partial charge in [0.15, 0.2) is 5.82 Å². The predicted molar refractivity (Wildman–Crippen MR) is 77.4 cm³/mol. The second-order valence-corrected chi connectivity index (χ2v) is 4.33. The van der Waals surface area contributed by atoms with E-state index in [1.165, 1.54) is 6.92 Å². The second-order valence-electron chi connectivity index (χ2n) is 4.33. The number of aromatic nitrogens is 1. The Morgan fingerprint density at radius 1 is 1.21 bits per heavy atom. The summed E-state index contributed by atoms with van der Waals surface area (Å²) in [7, 11) is 0. The lowest BCUT2D eigenvalue weighted by Crippen LogP contribution is -2.05. The van der Waals surface area contributed by atoms with Crippen LogP contribution in [0.1, 0.15) is 12.5 Å². The molecule has 0 saturated heterocycles. The van der Waals surface area contributed by atoms with E-state index in [4.69, 9.17) is 5.73 Å². The fourth-order valence-corrected chi connectivity index (χ4v) is 1.67. The van der Waals surface area contributed by atoms with Gasteiger partial charge in [-0.15, -0.1) is 0 Å². The first kappa shape index (κ1) is 12.9. The van der Waals surface area contributed by atoms with E-state index in [9.17, 15) is 4.79 Å². The zero-order chi connectivity index (χ0) is 13.8. The van der Waals surface area contributed by atoms with E-state index >= 15 is 0 Å². The first-order valence-corrected chi connectivity index (χ1v) is 5.91. The number of anilines is 4. The number of nitrogen functional groups attached to an aromatic ring is 1. The van der Waals surface area contributed by atoms with E-state index in [1.54, 1.807) is 6.20 Å². The van der Waals surface area contributed by atoms with Gasteiger partial charge in [0.05, 0.1) is 5.69 Å². The van der Waals surface area contributed by atoms with Gasteiger partial charge >= 0.3 is 0 Å². The predicted octanol–water partition coefficient (Wildman–Crippen LogP) is 2.67. The summed E-state index contributed by atoms with van der Waals surface area (Å²) >= 11 is 0. The van der Waals surface area contributed by atoms with Gasteiger partial charge < -0.3 is 16.4 Å². The average Bonchev–Trinajstić information content (AvgIpc) is 2.34. The third-order valence-corrected chi connectivity index (χ3v) is 2.52. The molecule has 2 aromatic rings. The molecule has 0 bridgehead atoms. The van der Waals surface area contributed by atoms with Crippen LogP contribution in [0.25, 0.3) is 0 Å². The summed E-state index contributed by atoms with van der Waals surface area (Å²) < 4.78 is 0. The molecule has 1 heterocycles. The Morgan fingerprint density at radius 2 is 1.84 bits per heavy atom. The largest absolute Gasteiger partial charge is 0.396 e. The molecule has 0 unspecified atom stereocenters. The van der Waals surface area contributed by atoms with Crippen LogP contribution >= 0.6 is 0 Å². The minimum absolute atomic E-state index is 0.0924. The highest BCUT2D eigenvalue weighted by atomic mass is 16.1. The summed E-state index contributed by atoms with van der Waals surface area (Å²) in [4.78, 5) is 15.2. The van der Waals surface area contributed by atoms with Crippen molar-refractivity contribution in [1.29, 1.82) is 0 Å². The molecule has 19 heavy (non-hydrogen) atoms. The van der Waals surface area contributed by atoms with Crippen molar-refractivity contribution in [2.75, 3.05) is 16.4 Å². The number of rotatable bonds is 3. The van der Waals surface area contributed by atoms with E-state index in [2.05, 4.69) is 15.6 Å². The van der Waals surface area contributed by atoms with Gasteiger partial charge in [0.2, 0.25) is 5.91 Å². The summed E-state index contributed by atoms with van der Waals surface area (Å²) in [5, 5.41) is 5.84. The van der Waals surface area contributed by atoms with E-state index in [0.717, 1.165) is 16.9 Å². The molecular weight excluding hydrogens is 240 g/mol. The smallest absolute Gasteiger partial charge is 0.221 e. The van der Waals surface area contributed by atoms with Gasteiger partial charge in [-0.25, -0.2) is 4.98 Å². The fourth-order valence-electron chi connectivity index (χ4n) is 1.67. The molecule has 5 heteroatoms. The molecule has 2 rings (SSSR count). The van der Waals surface area contributed by atoms with Crippen molar-refractivity contribution in [3.63, 3.8) is 0 Å². The monoisotopic (exact) mass is 256 g/mol. The molecule has 1 aromatic heterocycles. The third-order valence-electron chi connectivity index (χ3n) is 2.52. The molecule has 98 valence electrons. The van der Waals surface area contributed by atoms with Crippen molar-refractivity contribution in [1.82, 2.24) is 4.98 Å². The average molecular weight is 256 g/mol. The summed E-state index contributed by atoms with van der Waals surface area (Å²) in [6, 6.07) is 9.20. The van der Waals surface area contributed by atoms with E-state index < -0.39 is 0 Å². The van der Waals surface area contributed by atoms with Crippen LogP contribution in [0, 0.1) is 6.92 Å². The van der Waals surface area contributed by atoms with Gasteiger partial charge in [0, 0.05) is 24.5 Å². The molecule has 0 atom stereocenters. The molecule has 0 aliphatic rings. The van der Waals surface area contributed by atoms with Crippen LogP contribution in [0.15, 0.2) is 36.5 Å². The van der Waals surface area contributed by atoms with E-state index in [1.807, 2.05) is 37.3 Å². The minimum atomic E-state index is -0.0924. The molecule has 0 saturated carbocycles. The van der Waals surface area contributed by atoms with Crippen LogP contribution in [-0.2, 0) is 4.79 Å². The maximum absolute atomic E-state index is 10.9. The second kappa shape index (κ2) is 5.39. The molecule has 0 spiro atoms. The Hall–Kier alpha value is -2.56. The summed E-state index contributed by atoms with van der Waals surface area (Å²) in [5.74, 6) is 0.531. The molecule has 1 amide bonds. The number of nitrogens with two attached hydrogens (primary N) is 1. The SMILES string of the molecule is CC(=O)Nc1ccc(Nc2ncc(C)cc2N)cc1. The van der Waals surface area contributed by atoms with Gasteiger partial charge in [0.25, 0.3) is 0 Å². The van der Waals surface area contributed by atoms with Crippen LogP contribution in [0.2, 0.25) is 0 Å². The Labute approximate surface area is 111 Å². The molecule has 4 N–H and O–H groups in total. The number of amides is 1. The lowest BCUT2D eigenvalue weighted by molar-refractivity contribution is -0.114. The molecule has 5 nitrogen and oxygen atoms in total. The number of nitrogens with zero attached hydrogens (tertiary/aromatic N) is 1. The van der Waals surface area contributed by atoms with Crippen molar-refractivity contribution in [3.8, 4) is 0 Å². The normalized spacial score (nSPS) is 10.0. The maximum atomic E-state index is 10.9. The highest BCUT2D eigenvalue weighted by molar-refractivity contribution is 5.88. The topological polar surface area (TPSA) is 80.0 Å². The van der Waals surface area contributed by atoms with Crippen molar-refractivity contribution < 1.29 is 4.79 Å². The van der Waals surface area contributed by atoms with Gasteiger partial charge in [0.1, 0.15) is 0 Å². The summed E-state index contributed by atoms with van der Waals surface area (Å²) in [6.45, 7) is 3.42. The van der Waals surface area contributed by atoms with E-state index in [-0.39, 0.29) is 5.91 Å². The third kappa shape index (κ3) is 3.45. The van der Waals surface area contributed by atoms with Crippen molar-refractivity contribution >= 4 is 28.8 Å². The Balaban J connectivity index is 2.13. The first-order valence-electron chi connectivity index (χ1n) is 5.91. The molecule has 0 fully saturated rings. The van der Waals surface area contributed by atoms with Gasteiger partial charge in [-0.3, -0.25) is 4.79 Å². The Kier molecular flexibility index (Phi) is 3.66. The minimum Gasteiger partial charge on any atom is -0.396 e. The number of aryl methyl sites for hydroxylation is 1. The lowest BCUT2D eigenvalue weighted by Gasteiger charge is -2.09. The van der Waals surface area contributed by atoms with Crippen LogP contribution in [-0.4, -0.2) is 10.9 Å². The zero-order valence-electron chi connectivity index (χ0n) is 10.9. The van der Waals surface area contributed by atoms with Gasteiger partial charge in [-0.1, -0.05) is 0 Å². The number of pyridine rings is 1. The van der Waals surface area contributed by atoms with Crippen LogP contribution in [0.4, 0.5) is 22.9 Å². The quantitative estimate of drug-likeness (QED) is 0.788. The number of hydrogen-bond donors (Lipinski definition) is 3.